The van der Waals surface area contributed by atoms with Crippen LogP contribution in [0.25, 0.3) is 5.69 Å². The van der Waals surface area contributed by atoms with Crippen molar-refractivity contribution in [3.05, 3.63) is 88.0 Å². The molecule has 1 amide bonds. The van der Waals surface area contributed by atoms with Crippen LogP contribution in [0, 0.1) is 12.8 Å². The number of aryl methyl sites for hydroxylation is 1. The maximum absolute atomic E-state index is 13.7. The lowest BCUT2D eigenvalue weighted by molar-refractivity contribution is -0.0573. The van der Waals surface area contributed by atoms with Gasteiger partial charge in [0.15, 0.2) is 5.82 Å². The van der Waals surface area contributed by atoms with Crippen molar-refractivity contribution in [2.75, 3.05) is 25.0 Å². The SMILES string of the molecule is Cc1ccc(C(=O)NC2CC2)cc1-n1ccnc(N[C@@H](c2ccccc2)[C@H](C)CN2CCC(F)(F)CC2)c1=O. The fourth-order valence-electron chi connectivity index (χ4n) is 5.14. The number of carbonyl (C=O) groups is 1. The van der Waals surface area contributed by atoms with Crippen LogP contribution in [0.5, 0.6) is 0 Å². The number of rotatable bonds is 9. The van der Waals surface area contributed by atoms with Gasteiger partial charge in [0.1, 0.15) is 0 Å². The van der Waals surface area contributed by atoms with Crippen molar-refractivity contribution in [1.82, 2.24) is 19.8 Å². The van der Waals surface area contributed by atoms with Gasteiger partial charge in [0.25, 0.3) is 17.4 Å². The Morgan fingerprint density at radius 1 is 1.13 bits per heavy atom. The number of carbonyl (C=O) groups excluding carboxylic acids is 1. The Kier molecular flexibility index (Phi) is 7.79. The third kappa shape index (κ3) is 6.53. The molecular weight excluding hydrogens is 500 g/mol. The van der Waals surface area contributed by atoms with E-state index in [0.29, 0.717) is 30.9 Å². The molecule has 2 fully saturated rings. The summed E-state index contributed by atoms with van der Waals surface area (Å²) in [6.45, 7) is 5.26. The molecule has 2 atom stereocenters. The number of halogens is 2. The van der Waals surface area contributed by atoms with Crippen molar-refractivity contribution in [2.24, 2.45) is 5.92 Å². The summed E-state index contributed by atoms with van der Waals surface area (Å²) in [5.41, 5.74) is 2.63. The zero-order valence-electron chi connectivity index (χ0n) is 22.4. The first-order valence-electron chi connectivity index (χ1n) is 13.6. The summed E-state index contributed by atoms with van der Waals surface area (Å²) in [5, 5.41) is 6.36. The highest BCUT2D eigenvalue weighted by Crippen LogP contribution is 2.31. The Labute approximate surface area is 227 Å². The molecule has 5 rings (SSSR count). The summed E-state index contributed by atoms with van der Waals surface area (Å²) in [4.78, 5) is 32.8. The molecule has 39 heavy (non-hydrogen) atoms. The number of hydrogen-bond donors (Lipinski definition) is 2. The van der Waals surface area contributed by atoms with Crippen LogP contribution in [0.1, 0.15) is 60.1 Å². The second-order valence-electron chi connectivity index (χ2n) is 10.9. The lowest BCUT2D eigenvalue weighted by atomic mass is 9.93. The minimum Gasteiger partial charge on any atom is -0.358 e. The molecule has 7 nitrogen and oxygen atoms in total. The van der Waals surface area contributed by atoms with Crippen molar-refractivity contribution < 1.29 is 13.6 Å². The van der Waals surface area contributed by atoms with Gasteiger partial charge < -0.3 is 15.5 Å². The van der Waals surface area contributed by atoms with E-state index < -0.39 is 5.92 Å². The number of amides is 1. The number of aromatic nitrogens is 2. The molecule has 2 aliphatic rings. The molecule has 1 saturated heterocycles. The molecule has 3 aromatic rings. The molecule has 0 bridgehead atoms. The fraction of sp³-hybridized carbons (Fsp3) is 0.433. The van der Waals surface area contributed by atoms with E-state index in [2.05, 4.69) is 27.4 Å². The fourth-order valence-corrected chi connectivity index (χ4v) is 5.14. The predicted molar refractivity (Wildman–Crippen MR) is 148 cm³/mol. The zero-order valence-corrected chi connectivity index (χ0v) is 22.4. The molecule has 206 valence electrons. The van der Waals surface area contributed by atoms with E-state index in [-0.39, 0.29) is 48.1 Å². The quantitative estimate of drug-likeness (QED) is 0.405. The smallest absolute Gasteiger partial charge is 0.297 e. The third-order valence-electron chi connectivity index (χ3n) is 7.64. The molecule has 2 aromatic carbocycles. The lowest BCUT2D eigenvalue weighted by Gasteiger charge is -2.35. The van der Waals surface area contributed by atoms with E-state index in [1.54, 1.807) is 24.5 Å². The standard InChI is InChI=1S/C30H35F2N5O2/c1-20-8-9-23(28(38)34-24-10-11-24)18-25(20)37-17-14-33-27(29(37)39)35-26(22-6-4-3-5-7-22)21(2)19-36-15-12-30(31,32)13-16-36/h3-9,14,17-18,21,24,26H,10-13,15-16,19H2,1-2H3,(H,33,35)(H,34,38)/t21-,26-/m1/s1. The van der Waals surface area contributed by atoms with Gasteiger partial charge in [-0.05, 0) is 48.9 Å². The second-order valence-corrected chi connectivity index (χ2v) is 10.9. The first-order valence-corrected chi connectivity index (χ1v) is 13.6. The Hall–Kier alpha value is -3.59. The number of likely N-dealkylation sites (tertiary alicyclic amines) is 1. The molecule has 0 spiro atoms. The van der Waals surface area contributed by atoms with Crippen LogP contribution >= 0.6 is 0 Å². The Morgan fingerprint density at radius 2 is 1.85 bits per heavy atom. The Balaban J connectivity index is 1.41. The average molecular weight is 536 g/mol. The van der Waals surface area contributed by atoms with Gasteiger partial charge >= 0.3 is 0 Å². The van der Waals surface area contributed by atoms with Crippen LogP contribution in [0.3, 0.4) is 0 Å². The minimum absolute atomic E-state index is 0.00478. The molecule has 2 N–H and O–H groups in total. The van der Waals surface area contributed by atoms with Gasteiger partial charge in [-0.15, -0.1) is 0 Å². The minimum atomic E-state index is -2.59. The van der Waals surface area contributed by atoms with Crippen LogP contribution in [-0.4, -0.2) is 52.0 Å². The van der Waals surface area contributed by atoms with Gasteiger partial charge in [-0.25, -0.2) is 13.8 Å². The van der Waals surface area contributed by atoms with Gasteiger partial charge in [-0.3, -0.25) is 14.2 Å². The van der Waals surface area contributed by atoms with E-state index in [1.807, 2.05) is 43.3 Å². The zero-order chi connectivity index (χ0) is 27.6. The van der Waals surface area contributed by atoms with Crippen LogP contribution in [-0.2, 0) is 0 Å². The van der Waals surface area contributed by atoms with Gasteiger partial charge in [-0.1, -0.05) is 43.3 Å². The normalized spacial score (nSPS) is 18.8. The van der Waals surface area contributed by atoms with Crippen molar-refractivity contribution in [1.29, 1.82) is 0 Å². The molecule has 1 saturated carbocycles. The van der Waals surface area contributed by atoms with Crippen molar-refractivity contribution >= 4 is 11.7 Å². The van der Waals surface area contributed by atoms with E-state index >= 15 is 0 Å². The molecule has 1 aromatic heterocycles. The van der Waals surface area contributed by atoms with Crippen LogP contribution in [0.15, 0.2) is 65.7 Å². The van der Waals surface area contributed by atoms with Crippen LogP contribution in [0.4, 0.5) is 14.6 Å². The number of hydrogen-bond acceptors (Lipinski definition) is 5. The monoisotopic (exact) mass is 535 g/mol. The van der Waals surface area contributed by atoms with Gasteiger partial charge in [0.05, 0.1) is 11.7 Å². The maximum atomic E-state index is 13.7. The van der Waals surface area contributed by atoms with Crippen molar-refractivity contribution in [3.8, 4) is 5.69 Å². The number of benzene rings is 2. The highest BCUT2D eigenvalue weighted by atomic mass is 19.3. The first kappa shape index (κ1) is 27.0. The summed E-state index contributed by atoms with van der Waals surface area (Å²) < 4.78 is 28.9. The average Bonchev–Trinajstić information content (AvgIpc) is 3.74. The second kappa shape index (κ2) is 11.3. The van der Waals surface area contributed by atoms with Gasteiger partial charge in [-0.2, -0.15) is 0 Å². The lowest BCUT2D eigenvalue weighted by Crippen LogP contribution is -2.42. The van der Waals surface area contributed by atoms with Crippen molar-refractivity contribution in [2.45, 2.75) is 57.5 Å². The molecule has 1 aliphatic carbocycles. The molecule has 2 heterocycles. The van der Waals surface area contributed by atoms with Crippen LogP contribution < -0.4 is 16.2 Å². The van der Waals surface area contributed by atoms with E-state index in [0.717, 1.165) is 24.0 Å². The van der Waals surface area contributed by atoms with Crippen molar-refractivity contribution in [3.63, 3.8) is 0 Å². The molecule has 9 heteroatoms. The number of nitrogens with one attached hydrogen (secondary N) is 2. The summed E-state index contributed by atoms with van der Waals surface area (Å²) in [7, 11) is 0. The Morgan fingerprint density at radius 3 is 2.54 bits per heavy atom. The molecule has 1 aliphatic heterocycles. The summed E-state index contributed by atoms with van der Waals surface area (Å²) >= 11 is 0. The van der Waals surface area contributed by atoms with Gasteiger partial charge in [0.2, 0.25) is 0 Å². The highest BCUT2D eigenvalue weighted by Gasteiger charge is 2.35. The van der Waals surface area contributed by atoms with Crippen LogP contribution in [0.2, 0.25) is 0 Å². The number of anilines is 1. The molecule has 0 radical (unpaired) electrons. The third-order valence-corrected chi connectivity index (χ3v) is 7.64. The summed E-state index contributed by atoms with van der Waals surface area (Å²) in [6.07, 6.45) is 4.90. The summed E-state index contributed by atoms with van der Waals surface area (Å²) in [6, 6.07) is 15.1. The molecule has 0 unspecified atom stereocenters. The number of alkyl halides is 2. The topological polar surface area (TPSA) is 79.3 Å². The predicted octanol–water partition coefficient (Wildman–Crippen LogP) is 4.95. The number of piperidine rings is 1. The van der Waals surface area contributed by atoms with E-state index in [1.165, 1.54) is 4.57 Å². The van der Waals surface area contributed by atoms with Gasteiger partial charge in [0, 0.05) is 56.5 Å². The Bertz CT molecular complexity index is 1360. The first-order chi connectivity index (χ1) is 18.7. The number of nitrogens with zero attached hydrogens (tertiary/aromatic N) is 3. The highest BCUT2D eigenvalue weighted by molar-refractivity contribution is 5.95. The van der Waals surface area contributed by atoms with E-state index in [4.69, 9.17) is 0 Å². The van der Waals surface area contributed by atoms with E-state index in [9.17, 15) is 18.4 Å². The largest absolute Gasteiger partial charge is 0.358 e. The summed E-state index contributed by atoms with van der Waals surface area (Å²) in [5.74, 6) is -2.54. The maximum Gasteiger partial charge on any atom is 0.297 e. The molecular formula is C30H35F2N5O2.